The van der Waals surface area contributed by atoms with Gasteiger partial charge in [0.05, 0.1) is 39.6 Å². The predicted molar refractivity (Wildman–Crippen MR) is 275 cm³/mol. The number of carbonyl (C=O) groups is 7. The van der Waals surface area contributed by atoms with Crippen LogP contribution in [0.25, 0.3) is 0 Å². The zero-order valence-corrected chi connectivity index (χ0v) is 43.4. The second-order valence-electron chi connectivity index (χ2n) is 17.7. The average molecular weight is 1010 g/mol. The third-order valence-electron chi connectivity index (χ3n) is 12.3. The number of rotatable bonds is 28. The molecular formula is C58H74N2O13. The molecule has 1 aliphatic heterocycles. The molecule has 1 aliphatic rings. The molecule has 0 spiro atoms. The van der Waals surface area contributed by atoms with Crippen molar-refractivity contribution >= 4 is 41.5 Å². The molecule has 2 N–H and O–H groups in total. The zero-order valence-electron chi connectivity index (χ0n) is 43.4. The third-order valence-corrected chi connectivity index (χ3v) is 12.3. The van der Waals surface area contributed by atoms with Crippen molar-refractivity contribution in [3.63, 3.8) is 0 Å². The van der Waals surface area contributed by atoms with Crippen molar-refractivity contribution in [2.24, 2.45) is 0 Å². The Balaban J connectivity index is 0.000000318. The van der Waals surface area contributed by atoms with E-state index in [4.69, 9.17) is 28.4 Å². The van der Waals surface area contributed by atoms with Gasteiger partial charge in [-0.2, -0.15) is 0 Å². The first-order chi connectivity index (χ1) is 35.2. The number of esters is 4. The van der Waals surface area contributed by atoms with E-state index in [-0.39, 0.29) is 45.1 Å². The van der Waals surface area contributed by atoms with Crippen LogP contribution in [0.3, 0.4) is 0 Å². The van der Waals surface area contributed by atoms with Gasteiger partial charge >= 0.3 is 23.9 Å². The molecule has 0 atom stereocenters. The van der Waals surface area contributed by atoms with Crippen LogP contribution in [-0.4, -0.2) is 92.2 Å². The Kier molecular flexibility index (Phi) is 24.5. The summed E-state index contributed by atoms with van der Waals surface area (Å²) < 4.78 is 32.7. The predicted octanol–water partition coefficient (Wildman–Crippen LogP) is 8.45. The molecule has 73 heavy (non-hydrogen) atoms. The number of ether oxygens (including phenoxy) is 6. The lowest BCUT2D eigenvalue weighted by molar-refractivity contribution is -0.171. The second-order valence-corrected chi connectivity index (χ2v) is 17.7. The standard InChI is InChI=1S/C30H39NO7.C28H35NO6/c1-4-35-27(33)29(31-23(3)32,28(34)36-5-2)20-18-25-14-16-26(17-15-25)30(37-21-22-38-30)19-10-9-13-24-11-7-6-8-12-24;1-4-34-26(32)28(29-21(3)30,27(33)35-5-2)20-19-23-15-17-24(18-16-23)25(31)14-10-9-13-22-11-7-6-8-12-22/h6-8,11-12,14-17H,4-5,9-10,13,18-22H2,1-3H3,(H,31,32);6-8,11-12,15-18H,4-5,9-10,13-14,19-20H2,1-3H3,(H,29,30). The number of hydrogen-bond acceptors (Lipinski definition) is 13. The largest absolute Gasteiger partial charge is 0.464 e. The third kappa shape index (κ3) is 17.8. The van der Waals surface area contributed by atoms with Crippen LogP contribution in [0.4, 0.5) is 0 Å². The van der Waals surface area contributed by atoms with Gasteiger partial charge in [0.2, 0.25) is 22.9 Å². The highest BCUT2D eigenvalue weighted by molar-refractivity contribution is 6.08. The Bertz CT molecular complexity index is 2330. The smallest absolute Gasteiger partial charge is 0.343 e. The van der Waals surface area contributed by atoms with Gasteiger partial charge < -0.3 is 39.1 Å². The first-order valence-corrected chi connectivity index (χ1v) is 25.5. The summed E-state index contributed by atoms with van der Waals surface area (Å²) in [5.41, 5.74) is 2.01. The molecule has 394 valence electrons. The van der Waals surface area contributed by atoms with Crippen molar-refractivity contribution in [3.05, 3.63) is 143 Å². The number of aryl methyl sites for hydroxylation is 4. The minimum atomic E-state index is -1.93. The molecule has 4 aromatic rings. The highest BCUT2D eigenvalue weighted by Crippen LogP contribution is 2.37. The van der Waals surface area contributed by atoms with Crippen molar-refractivity contribution in [1.82, 2.24) is 10.6 Å². The van der Waals surface area contributed by atoms with Gasteiger partial charge in [-0.25, -0.2) is 19.2 Å². The molecule has 15 heteroatoms. The van der Waals surface area contributed by atoms with Crippen molar-refractivity contribution in [3.8, 4) is 0 Å². The lowest BCUT2D eigenvalue weighted by Crippen LogP contribution is -2.61. The zero-order chi connectivity index (χ0) is 53.1. The van der Waals surface area contributed by atoms with E-state index in [0.29, 0.717) is 38.0 Å². The molecule has 0 aliphatic carbocycles. The first kappa shape index (κ1) is 58.9. The van der Waals surface area contributed by atoms with Crippen molar-refractivity contribution in [1.29, 1.82) is 0 Å². The molecule has 0 radical (unpaired) electrons. The van der Waals surface area contributed by atoms with Gasteiger partial charge in [-0.1, -0.05) is 109 Å². The molecule has 4 aromatic carbocycles. The SMILES string of the molecule is CCOC(=O)C(CCc1ccc(C(=O)CCCCc2ccccc2)cc1)(NC(C)=O)C(=O)OCC.CCOC(=O)C(CCc1ccc(C2(CCCCc3ccccc3)OCCO2)cc1)(NC(C)=O)C(=O)OCC. The van der Waals surface area contributed by atoms with Crippen LogP contribution in [0.1, 0.15) is 131 Å². The van der Waals surface area contributed by atoms with E-state index in [1.165, 1.54) is 25.0 Å². The van der Waals surface area contributed by atoms with E-state index in [1.807, 2.05) is 48.5 Å². The lowest BCUT2D eigenvalue weighted by Gasteiger charge is -2.30. The van der Waals surface area contributed by atoms with E-state index in [0.717, 1.165) is 61.6 Å². The summed E-state index contributed by atoms with van der Waals surface area (Å²) in [5, 5.41) is 4.97. The number of amides is 2. The fraction of sp³-hybridized carbons (Fsp3) is 0.466. The number of hydrogen-bond donors (Lipinski definition) is 2. The van der Waals surface area contributed by atoms with E-state index >= 15 is 0 Å². The monoisotopic (exact) mass is 1010 g/mol. The Morgan fingerprint density at radius 2 is 0.849 bits per heavy atom. The summed E-state index contributed by atoms with van der Waals surface area (Å²) in [4.78, 5) is 87.5. The molecule has 5 rings (SSSR count). The van der Waals surface area contributed by atoms with Crippen LogP contribution in [0, 0.1) is 0 Å². The number of unbranched alkanes of at least 4 members (excludes halogenated alkanes) is 2. The van der Waals surface area contributed by atoms with Crippen LogP contribution >= 0.6 is 0 Å². The normalized spacial score (nSPS) is 12.8. The first-order valence-electron chi connectivity index (χ1n) is 25.5. The molecule has 0 saturated carbocycles. The van der Waals surface area contributed by atoms with Crippen LogP contribution in [0.2, 0.25) is 0 Å². The molecule has 0 bridgehead atoms. The maximum absolute atomic E-state index is 12.9. The van der Waals surface area contributed by atoms with Gasteiger partial charge in [-0.15, -0.1) is 0 Å². The fourth-order valence-corrected chi connectivity index (χ4v) is 8.61. The Morgan fingerprint density at radius 1 is 0.479 bits per heavy atom. The summed E-state index contributed by atoms with van der Waals surface area (Å²) in [5.74, 6) is -5.11. The Morgan fingerprint density at radius 3 is 1.23 bits per heavy atom. The van der Waals surface area contributed by atoms with Gasteiger partial charge in [-0.3, -0.25) is 14.4 Å². The van der Waals surface area contributed by atoms with E-state index < -0.39 is 52.6 Å². The number of benzene rings is 4. The molecule has 0 aromatic heterocycles. The summed E-state index contributed by atoms with van der Waals surface area (Å²) in [7, 11) is 0. The maximum atomic E-state index is 12.9. The molecule has 1 saturated heterocycles. The molecular weight excluding hydrogens is 933 g/mol. The van der Waals surface area contributed by atoms with Crippen molar-refractivity contribution < 1.29 is 62.0 Å². The van der Waals surface area contributed by atoms with Crippen LogP contribution < -0.4 is 10.6 Å². The summed E-state index contributed by atoms with van der Waals surface area (Å²) in [6.07, 6.45) is 7.52. The Labute approximate surface area is 430 Å². The van der Waals surface area contributed by atoms with E-state index in [9.17, 15) is 33.6 Å². The quantitative estimate of drug-likeness (QED) is 0.0181. The fourth-order valence-electron chi connectivity index (χ4n) is 8.61. The Hall–Kier alpha value is -6.71. The van der Waals surface area contributed by atoms with E-state index in [1.54, 1.807) is 52.0 Å². The number of carbonyl (C=O) groups excluding carboxylic acids is 7. The van der Waals surface area contributed by atoms with Crippen molar-refractivity contribution in [2.75, 3.05) is 39.6 Å². The number of Topliss-reactive ketones (excluding diaryl/α,β-unsaturated/α-hetero) is 1. The number of ketones is 1. The van der Waals surface area contributed by atoms with Gasteiger partial charge in [0.25, 0.3) is 0 Å². The van der Waals surface area contributed by atoms with Gasteiger partial charge in [-0.05, 0) is 114 Å². The van der Waals surface area contributed by atoms with Gasteiger partial charge in [0.15, 0.2) is 11.6 Å². The lowest BCUT2D eigenvalue weighted by atomic mass is 9.90. The van der Waals surface area contributed by atoms with Gasteiger partial charge in [0.1, 0.15) is 0 Å². The van der Waals surface area contributed by atoms with E-state index in [2.05, 4.69) is 47.0 Å². The van der Waals surface area contributed by atoms with Crippen LogP contribution in [-0.2, 0) is 88.7 Å². The highest BCUT2D eigenvalue weighted by atomic mass is 16.7. The summed E-state index contributed by atoms with van der Waals surface area (Å²) in [6, 6.07) is 35.5. The number of nitrogens with one attached hydrogen (secondary N) is 2. The van der Waals surface area contributed by atoms with Crippen molar-refractivity contribution in [2.45, 2.75) is 135 Å². The summed E-state index contributed by atoms with van der Waals surface area (Å²) >= 11 is 0. The minimum Gasteiger partial charge on any atom is -0.464 e. The molecule has 2 amide bonds. The summed E-state index contributed by atoms with van der Waals surface area (Å²) in [6.45, 7) is 10.4. The van der Waals surface area contributed by atoms with Crippen LogP contribution in [0.15, 0.2) is 109 Å². The molecule has 1 heterocycles. The maximum Gasteiger partial charge on any atom is 0.343 e. The average Bonchev–Trinajstić information content (AvgIpc) is 3.88. The second kappa shape index (κ2) is 30.4. The van der Waals surface area contributed by atoms with Gasteiger partial charge in [0, 0.05) is 37.8 Å². The minimum absolute atomic E-state index is 0.00121. The molecule has 1 fully saturated rings. The topological polar surface area (TPSA) is 199 Å². The molecule has 0 unspecified atom stereocenters. The molecule has 15 nitrogen and oxygen atoms in total. The van der Waals surface area contributed by atoms with Crippen LogP contribution in [0.5, 0.6) is 0 Å². The highest BCUT2D eigenvalue weighted by Gasteiger charge is 2.51.